The molecule has 0 amide bonds. The number of hydrogen-bond acceptors (Lipinski definition) is 4. The highest BCUT2D eigenvalue weighted by Gasteiger charge is 2.33. The number of ether oxygens (including phenoxy) is 1. The predicted molar refractivity (Wildman–Crippen MR) is 65.7 cm³/mol. The van der Waals surface area contributed by atoms with E-state index in [2.05, 4.69) is 5.16 Å². The van der Waals surface area contributed by atoms with Gasteiger partial charge >= 0.3 is 0 Å². The van der Waals surface area contributed by atoms with Crippen LogP contribution in [0.15, 0.2) is 17.3 Å². The summed E-state index contributed by atoms with van der Waals surface area (Å²) in [6.45, 7) is 5.81. The van der Waals surface area contributed by atoms with Gasteiger partial charge in [0.1, 0.15) is 24.2 Å². The first-order valence-corrected chi connectivity index (χ1v) is 5.56. The molecule has 1 aliphatic rings. The van der Waals surface area contributed by atoms with Crippen molar-refractivity contribution in [2.24, 2.45) is 5.16 Å². The van der Waals surface area contributed by atoms with Gasteiger partial charge in [-0.1, -0.05) is 5.16 Å². The second-order valence-corrected chi connectivity index (χ2v) is 4.85. The van der Waals surface area contributed by atoms with Gasteiger partial charge in [-0.3, -0.25) is 0 Å². The Bertz CT molecular complexity index is 478. The first-order chi connectivity index (χ1) is 7.94. The highest BCUT2D eigenvalue weighted by Crippen LogP contribution is 2.39. The van der Waals surface area contributed by atoms with Gasteiger partial charge < -0.3 is 14.7 Å². The van der Waals surface area contributed by atoms with Crippen LogP contribution in [0.2, 0.25) is 0 Å². The molecular weight excluding hydrogens is 218 g/mol. The van der Waals surface area contributed by atoms with E-state index in [0.717, 1.165) is 16.8 Å². The fraction of sp³-hybridized carbons (Fsp3) is 0.462. The minimum absolute atomic E-state index is 0.234. The lowest BCUT2D eigenvalue weighted by molar-refractivity contribution is 0.107. The number of nitrogens with zero attached hydrogens (tertiary/aromatic N) is 1. The Labute approximate surface area is 101 Å². The van der Waals surface area contributed by atoms with E-state index in [4.69, 9.17) is 9.57 Å². The van der Waals surface area contributed by atoms with E-state index in [9.17, 15) is 5.11 Å². The predicted octanol–water partition coefficient (Wildman–Crippen LogP) is 2.61. The Morgan fingerprint density at radius 1 is 1.41 bits per heavy atom. The molecule has 0 aliphatic carbocycles. The van der Waals surface area contributed by atoms with E-state index in [1.165, 1.54) is 7.11 Å². The van der Waals surface area contributed by atoms with E-state index in [-0.39, 0.29) is 11.4 Å². The van der Waals surface area contributed by atoms with Crippen LogP contribution in [0.4, 0.5) is 0 Å². The zero-order valence-corrected chi connectivity index (χ0v) is 10.6. The molecule has 0 bridgehead atoms. The van der Waals surface area contributed by atoms with Crippen LogP contribution < -0.4 is 4.74 Å². The summed E-state index contributed by atoms with van der Waals surface area (Å²) in [4.78, 5) is 4.87. The van der Waals surface area contributed by atoms with E-state index in [1.807, 2.05) is 26.8 Å². The summed E-state index contributed by atoms with van der Waals surface area (Å²) >= 11 is 0. The maximum Gasteiger partial charge on any atom is 0.135 e. The number of oxime groups is 1. The van der Waals surface area contributed by atoms with Gasteiger partial charge in [0, 0.05) is 17.5 Å². The maximum atomic E-state index is 9.71. The number of rotatable bonds is 1. The second-order valence-electron chi connectivity index (χ2n) is 4.85. The van der Waals surface area contributed by atoms with Crippen LogP contribution in [0.25, 0.3) is 0 Å². The van der Waals surface area contributed by atoms with Crippen LogP contribution >= 0.6 is 0 Å². The van der Waals surface area contributed by atoms with Crippen molar-refractivity contribution in [3.05, 3.63) is 23.3 Å². The number of benzene rings is 1. The Kier molecular flexibility index (Phi) is 2.73. The molecule has 1 aliphatic heterocycles. The van der Waals surface area contributed by atoms with E-state index >= 15 is 0 Å². The van der Waals surface area contributed by atoms with Crippen LogP contribution in [0, 0.1) is 6.92 Å². The van der Waals surface area contributed by atoms with Gasteiger partial charge in [-0.2, -0.15) is 0 Å². The van der Waals surface area contributed by atoms with Crippen molar-refractivity contribution in [3.8, 4) is 11.5 Å². The molecule has 1 aromatic rings. The topological polar surface area (TPSA) is 51.0 Å². The highest BCUT2D eigenvalue weighted by molar-refractivity contribution is 6.04. The molecule has 4 heteroatoms. The normalized spacial score (nSPS) is 19.6. The number of aromatic hydroxyl groups is 1. The third-order valence-electron chi connectivity index (χ3n) is 2.86. The van der Waals surface area contributed by atoms with Gasteiger partial charge in [0.15, 0.2) is 0 Å². The summed E-state index contributed by atoms with van der Waals surface area (Å²) < 4.78 is 5.91. The van der Waals surface area contributed by atoms with Crippen molar-refractivity contribution >= 4 is 5.71 Å². The molecule has 1 aromatic carbocycles. The Hall–Kier alpha value is -1.71. The summed E-state index contributed by atoms with van der Waals surface area (Å²) in [5.74, 6) is 0.926. The fourth-order valence-electron chi connectivity index (χ4n) is 2.04. The van der Waals surface area contributed by atoms with Gasteiger partial charge in [-0.05, 0) is 32.9 Å². The first-order valence-electron chi connectivity index (χ1n) is 5.56. The molecule has 17 heavy (non-hydrogen) atoms. The summed E-state index contributed by atoms with van der Waals surface area (Å²) in [6.07, 6.45) is 0.679. The van der Waals surface area contributed by atoms with Crippen molar-refractivity contribution < 1.29 is 14.7 Å². The van der Waals surface area contributed by atoms with Gasteiger partial charge in [0.2, 0.25) is 0 Å². The van der Waals surface area contributed by atoms with Crippen LogP contribution in [-0.2, 0) is 4.84 Å². The molecule has 0 fully saturated rings. The van der Waals surface area contributed by atoms with E-state index < -0.39 is 0 Å². The molecular formula is C13H17NO3. The largest absolute Gasteiger partial charge is 0.508 e. The third-order valence-corrected chi connectivity index (χ3v) is 2.86. The lowest BCUT2D eigenvalue weighted by Crippen LogP contribution is -2.36. The minimum atomic E-state index is -0.344. The molecule has 0 saturated carbocycles. The third kappa shape index (κ3) is 2.07. The zero-order valence-electron chi connectivity index (χ0n) is 10.6. The van der Waals surface area contributed by atoms with E-state index in [0.29, 0.717) is 12.2 Å². The maximum absolute atomic E-state index is 9.71. The fourth-order valence-corrected chi connectivity index (χ4v) is 2.04. The molecule has 2 rings (SSSR count). The van der Waals surface area contributed by atoms with Crippen LogP contribution in [0.5, 0.6) is 11.5 Å². The number of phenolic OH excluding ortho intramolecular Hbond substituents is 1. The van der Waals surface area contributed by atoms with Crippen molar-refractivity contribution in [1.29, 1.82) is 0 Å². The Morgan fingerprint density at radius 3 is 2.76 bits per heavy atom. The average Bonchev–Trinajstić information content (AvgIpc) is 2.23. The van der Waals surface area contributed by atoms with Crippen molar-refractivity contribution in [3.63, 3.8) is 0 Å². The van der Waals surface area contributed by atoms with E-state index in [1.54, 1.807) is 6.07 Å². The lowest BCUT2D eigenvalue weighted by Gasteiger charge is -2.34. The average molecular weight is 235 g/mol. The molecule has 0 saturated heterocycles. The van der Waals surface area contributed by atoms with Crippen molar-refractivity contribution in [1.82, 2.24) is 0 Å². The number of fused-ring (bicyclic) bond motifs is 1. The summed E-state index contributed by atoms with van der Waals surface area (Å²) in [7, 11) is 1.53. The Morgan fingerprint density at radius 2 is 2.12 bits per heavy atom. The molecule has 0 atom stereocenters. The standard InChI is InChI=1S/C13H17NO3/c1-8-11(15)6-5-9-10(14-16-4)7-13(2,3)17-12(8)9/h5-6,15H,7H2,1-4H3/b14-10+. The highest BCUT2D eigenvalue weighted by atomic mass is 16.6. The summed E-state index contributed by atoms with van der Waals surface area (Å²) in [6, 6.07) is 3.46. The summed E-state index contributed by atoms with van der Waals surface area (Å²) in [5.41, 5.74) is 2.13. The monoisotopic (exact) mass is 235 g/mol. The molecule has 1 heterocycles. The molecule has 4 nitrogen and oxygen atoms in total. The molecule has 0 aromatic heterocycles. The van der Waals surface area contributed by atoms with Crippen LogP contribution in [0.3, 0.4) is 0 Å². The number of phenols is 1. The van der Waals surface area contributed by atoms with Gasteiger partial charge in [-0.25, -0.2) is 0 Å². The zero-order chi connectivity index (χ0) is 12.6. The van der Waals surface area contributed by atoms with Gasteiger partial charge in [-0.15, -0.1) is 0 Å². The SMILES string of the molecule is CO/N=C1\CC(C)(C)Oc2c1ccc(O)c2C. The minimum Gasteiger partial charge on any atom is -0.508 e. The molecule has 0 unspecified atom stereocenters. The van der Waals surface area contributed by atoms with Crippen molar-refractivity contribution in [2.45, 2.75) is 32.8 Å². The Balaban J connectivity index is 2.60. The number of hydrogen-bond donors (Lipinski definition) is 1. The lowest BCUT2D eigenvalue weighted by atomic mass is 9.91. The van der Waals surface area contributed by atoms with Crippen LogP contribution in [-0.4, -0.2) is 23.5 Å². The molecule has 1 N–H and O–H groups in total. The molecule has 0 radical (unpaired) electrons. The summed E-state index contributed by atoms with van der Waals surface area (Å²) in [5, 5.41) is 13.8. The molecule has 0 spiro atoms. The van der Waals surface area contributed by atoms with Crippen LogP contribution in [0.1, 0.15) is 31.4 Å². The van der Waals surface area contributed by atoms with Crippen molar-refractivity contribution in [2.75, 3.05) is 7.11 Å². The smallest absolute Gasteiger partial charge is 0.135 e. The first kappa shape index (κ1) is 11.8. The second kappa shape index (κ2) is 3.95. The van der Waals surface area contributed by atoms with Gasteiger partial charge in [0.05, 0.1) is 5.71 Å². The van der Waals surface area contributed by atoms with Gasteiger partial charge in [0.25, 0.3) is 0 Å². The quantitative estimate of drug-likeness (QED) is 0.761. The molecule has 92 valence electrons.